The number of piperidine rings is 1. The maximum Gasteiger partial charge on any atom is 0.259 e. The van der Waals surface area contributed by atoms with Gasteiger partial charge in [-0.3, -0.25) is 9.69 Å². The predicted octanol–water partition coefficient (Wildman–Crippen LogP) is 3.75. The summed E-state index contributed by atoms with van der Waals surface area (Å²) < 4.78 is 1.75. The number of carbonyl (C=O) groups is 1. The summed E-state index contributed by atoms with van der Waals surface area (Å²) in [5.74, 6) is 0.751. The van der Waals surface area contributed by atoms with E-state index in [0.717, 1.165) is 60.5 Å². The second kappa shape index (κ2) is 8.88. The molecule has 5 rings (SSSR count). The minimum absolute atomic E-state index is 0.0170. The number of hydrogen-bond acceptors (Lipinski definition) is 5. The van der Waals surface area contributed by atoms with Crippen LogP contribution in [0.2, 0.25) is 0 Å². The molecule has 0 bridgehead atoms. The molecule has 7 heteroatoms. The zero-order chi connectivity index (χ0) is 21.9. The SMILES string of the molecule is CCc1cccnc1N(C(=O)c1ccc(-c2cnn3cccnc23)cc1)[C@@H]1CCCNC1. The highest BCUT2D eigenvalue weighted by atomic mass is 16.2. The second-order valence-corrected chi connectivity index (χ2v) is 8.04. The van der Waals surface area contributed by atoms with Crippen LogP contribution in [0.15, 0.2) is 67.3 Å². The summed E-state index contributed by atoms with van der Waals surface area (Å²) in [4.78, 5) is 24.7. The molecule has 1 atom stereocenters. The molecule has 32 heavy (non-hydrogen) atoms. The number of amides is 1. The van der Waals surface area contributed by atoms with Crippen molar-refractivity contribution in [2.45, 2.75) is 32.2 Å². The van der Waals surface area contributed by atoms with Crippen LogP contribution < -0.4 is 10.2 Å². The summed E-state index contributed by atoms with van der Waals surface area (Å²) in [5, 5.41) is 7.80. The van der Waals surface area contributed by atoms with Gasteiger partial charge < -0.3 is 5.32 Å². The zero-order valence-corrected chi connectivity index (χ0v) is 18.1. The first-order valence-corrected chi connectivity index (χ1v) is 11.1. The lowest BCUT2D eigenvalue weighted by Gasteiger charge is -2.35. The fourth-order valence-electron chi connectivity index (χ4n) is 4.37. The summed E-state index contributed by atoms with van der Waals surface area (Å²) in [6.45, 7) is 3.86. The number of carbonyl (C=O) groups excluding carboxylic acids is 1. The Balaban J connectivity index is 1.49. The van der Waals surface area contributed by atoms with E-state index in [-0.39, 0.29) is 11.9 Å². The van der Waals surface area contributed by atoms with Crippen molar-refractivity contribution in [3.8, 4) is 11.1 Å². The molecule has 1 fully saturated rings. The van der Waals surface area contributed by atoms with Crippen molar-refractivity contribution in [3.63, 3.8) is 0 Å². The molecule has 162 valence electrons. The molecule has 0 saturated carbocycles. The Morgan fingerprint density at radius 1 is 1.16 bits per heavy atom. The average molecular weight is 427 g/mol. The number of hydrogen-bond donors (Lipinski definition) is 1. The fraction of sp³-hybridized carbons (Fsp3) is 0.280. The summed E-state index contributed by atoms with van der Waals surface area (Å²) in [6.07, 6.45) is 10.0. The minimum Gasteiger partial charge on any atom is -0.315 e. The Bertz CT molecular complexity index is 1230. The number of fused-ring (bicyclic) bond motifs is 1. The molecule has 3 aromatic heterocycles. The van der Waals surface area contributed by atoms with Gasteiger partial charge in [0.25, 0.3) is 5.91 Å². The Morgan fingerprint density at radius 3 is 2.78 bits per heavy atom. The van der Waals surface area contributed by atoms with Crippen LogP contribution in [-0.4, -0.2) is 44.6 Å². The number of nitrogens with zero attached hydrogens (tertiary/aromatic N) is 5. The predicted molar refractivity (Wildman–Crippen MR) is 125 cm³/mol. The molecule has 7 nitrogen and oxygen atoms in total. The van der Waals surface area contributed by atoms with Crippen LogP contribution in [0.1, 0.15) is 35.7 Å². The number of pyridine rings is 1. The maximum atomic E-state index is 13.8. The van der Waals surface area contributed by atoms with Gasteiger partial charge in [-0.05, 0) is 61.2 Å². The van der Waals surface area contributed by atoms with Crippen molar-refractivity contribution in [2.75, 3.05) is 18.0 Å². The van der Waals surface area contributed by atoms with Gasteiger partial charge in [0.05, 0.1) is 12.2 Å². The highest BCUT2D eigenvalue weighted by molar-refractivity contribution is 6.06. The van der Waals surface area contributed by atoms with E-state index in [0.29, 0.717) is 5.56 Å². The van der Waals surface area contributed by atoms with Crippen molar-refractivity contribution in [3.05, 3.63) is 78.4 Å². The van der Waals surface area contributed by atoms with Crippen LogP contribution in [-0.2, 0) is 6.42 Å². The Kier molecular flexibility index (Phi) is 5.64. The molecule has 0 unspecified atom stereocenters. The van der Waals surface area contributed by atoms with E-state index in [2.05, 4.69) is 33.4 Å². The van der Waals surface area contributed by atoms with E-state index in [4.69, 9.17) is 0 Å². The summed E-state index contributed by atoms with van der Waals surface area (Å²) >= 11 is 0. The standard InChI is InChI=1S/C25H26N6O/c1-2-18-6-3-13-27-23(18)31(21-7-4-12-26-16-21)25(32)20-10-8-19(9-11-20)22-17-29-30-15-5-14-28-24(22)30/h3,5-6,8-11,13-15,17,21,26H,2,4,7,12,16H2,1H3/t21-/m1/s1. The Morgan fingerprint density at radius 2 is 2.00 bits per heavy atom. The van der Waals surface area contributed by atoms with E-state index in [9.17, 15) is 4.79 Å². The van der Waals surface area contributed by atoms with Crippen LogP contribution in [0.5, 0.6) is 0 Å². The molecular formula is C25H26N6O. The number of rotatable bonds is 5. The monoisotopic (exact) mass is 426 g/mol. The van der Waals surface area contributed by atoms with Crippen LogP contribution in [0.25, 0.3) is 16.8 Å². The first-order valence-electron chi connectivity index (χ1n) is 11.1. The van der Waals surface area contributed by atoms with Crippen molar-refractivity contribution < 1.29 is 4.79 Å². The highest BCUT2D eigenvalue weighted by Gasteiger charge is 2.30. The first kappa shape index (κ1) is 20.3. The molecule has 0 aliphatic carbocycles. The Labute approximate surface area is 187 Å². The summed E-state index contributed by atoms with van der Waals surface area (Å²) in [7, 11) is 0. The van der Waals surface area contributed by atoms with Gasteiger partial charge in [-0.2, -0.15) is 5.10 Å². The van der Waals surface area contributed by atoms with Crippen LogP contribution in [0, 0.1) is 0 Å². The zero-order valence-electron chi connectivity index (χ0n) is 18.1. The van der Waals surface area contributed by atoms with Crippen LogP contribution in [0.4, 0.5) is 5.82 Å². The molecule has 1 amide bonds. The van der Waals surface area contributed by atoms with Crippen molar-refractivity contribution >= 4 is 17.4 Å². The maximum absolute atomic E-state index is 13.8. The van der Waals surface area contributed by atoms with Crippen molar-refractivity contribution in [1.82, 2.24) is 24.9 Å². The lowest BCUT2D eigenvalue weighted by Crippen LogP contribution is -2.49. The molecule has 1 N–H and O–H groups in total. The third kappa shape index (κ3) is 3.76. The number of aryl methyl sites for hydroxylation is 1. The van der Waals surface area contributed by atoms with E-state index < -0.39 is 0 Å². The molecule has 1 aliphatic rings. The lowest BCUT2D eigenvalue weighted by molar-refractivity contribution is 0.0971. The summed E-state index contributed by atoms with van der Waals surface area (Å²) in [5.41, 5.74) is 4.45. The molecule has 0 spiro atoms. The Hall–Kier alpha value is -3.58. The first-order chi connectivity index (χ1) is 15.8. The van der Waals surface area contributed by atoms with Crippen molar-refractivity contribution in [2.24, 2.45) is 0 Å². The average Bonchev–Trinajstić information content (AvgIpc) is 3.29. The molecular weight excluding hydrogens is 400 g/mol. The van der Waals surface area contributed by atoms with E-state index in [1.807, 2.05) is 47.5 Å². The van der Waals surface area contributed by atoms with Gasteiger partial charge in [-0.25, -0.2) is 14.5 Å². The number of aromatic nitrogens is 4. The molecule has 4 heterocycles. The number of nitrogens with one attached hydrogen (secondary N) is 1. The minimum atomic E-state index is -0.0170. The molecule has 0 radical (unpaired) electrons. The molecule has 4 aromatic rings. The fourth-order valence-corrected chi connectivity index (χ4v) is 4.37. The quantitative estimate of drug-likeness (QED) is 0.526. The van der Waals surface area contributed by atoms with E-state index in [1.54, 1.807) is 23.1 Å². The van der Waals surface area contributed by atoms with Gasteiger partial charge in [0.1, 0.15) is 5.82 Å². The van der Waals surface area contributed by atoms with Crippen LogP contribution >= 0.6 is 0 Å². The van der Waals surface area contributed by atoms with Crippen molar-refractivity contribution in [1.29, 1.82) is 0 Å². The number of anilines is 1. The van der Waals surface area contributed by atoms with Gasteiger partial charge in [0, 0.05) is 36.3 Å². The lowest BCUT2D eigenvalue weighted by atomic mass is 10.0. The normalized spacial score (nSPS) is 16.2. The van der Waals surface area contributed by atoms with E-state index in [1.165, 1.54) is 0 Å². The van der Waals surface area contributed by atoms with Gasteiger partial charge in [-0.1, -0.05) is 25.1 Å². The largest absolute Gasteiger partial charge is 0.315 e. The van der Waals surface area contributed by atoms with Gasteiger partial charge in [0.2, 0.25) is 0 Å². The second-order valence-electron chi connectivity index (χ2n) is 8.04. The smallest absolute Gasteiger partial charge is 0.259 e. The van der Waals surface area contributed by atoms with E-state index >= 15 is 0 Å². The molecule has 1 saturated heterocycles. The third-order valence-electron chi connectivity index (χ3n) is 6.05. The molecule has 1 aromatic carbocycles. The van der Waals surface area contributed by atoms with Gasteiger partial charge in [0.15, 0.2) is 5.65 Å². The van der Waals surface area contributed by atoms with Gasteiger partial charge in [-0.15, -0.1) is 0 Å². The number of benzene rings is 1. The third-order valence-corrected chi connectivity index (χ3v) is 6.05. The van der Waals surface area contributed by atoms with Crippen LogP contribution in [0.3, 0.4) is 0 Å². The molecule has 1 aliphatic heterocycles. The summed E-state index contributed by atoms with van der Waals surface area (Å²) in [6, 6.07) is 13.6. The topological polar surface area (TPSA) is 75.4 Å². The highest BCUT2D eigenvalue weighted by Crippen LogP contribution is 2.27. The van der Waals surface area contributed by atoms with Gasteiger partial charge >= 0.3 is 0 Å².